The predicted molar refractivity (Wildman–Crippen MR) is 216 cm³/mol. The first-order valence-corrected chi connectivity index (χ1v) is 17.0. The van der Waals surface area contributed by atoms with Crippen LogP contribution < -0.4 is 0 Å². The first-order chi connectivity index (χ1) is 24.9. The van der Waals surface area contributed by atoms with Gasteiger partial charge >= 0.3 is 85.3 Å². The molecule has 0 fully saturated rings. The van der Waals surface area contributed by atoms with Crippen LogP contribution in [0.15, 0.2) is 255 Å². The first-order valence-electron chi connectivity index (χ1n) is 17.0. The van der Waals surface area contributed by atoms with Gasteiger partial charge in [0.2, 0.25) is 0 Å². The molecule has 10 rings (SSSR count). The fourth-order valence-corrected chi connectivity index (χ4v) is 5.41. The van der Waals surface area contributed by atoms with Crippen molar-refractivity contribution in [3.8, 4) is 44.5 Å². The van der Waals surface area contributed by atoms with Gasteiger partial charge in [-0.25, -0.2) is 114 Å². The van der Waals surface area contributed by atoms with Gasteiger partial charge in [0.05, 0.1) is 0 Å². The Balaban J connectivity index is 0.000000792. The van der Waals surface area contributed by atoms with Crippen LogP contribution in [0.4, 0.5) is 0 Å². The molecular weight excluding hydrogens is 880 g/mol. The topological polar surface area (TPSA) is 0 Å². The molecular formula is C50H42Fe5. The average Bonchev–Trinajstić information content (AvgIpc) is 4.05. The molecule has 0 heterocycles. The van der Waals surface area contributed by atoms with Crippen LogP contribution in [0.25, 0.3) is 44.5 Å². The van der Waals surface area contributed by atoms with Crippen LogP contribution in [-0.2, 0) is 85.3 Å². The van der Waals surface area contributed by atoms with E-state index in [0.717, 1.165) is 0 Å². The standard InChI is InChI=1S/C25H17.5C5H5.5Fe/c1-2-9-18(8-1)20-12-5-14-22(20)24-16-7-17-25(24)23-15-6-13-21(23)19-10-3-4-11-19;5*1-2-4-5-3-1;;;;;/h1-17H;5*1-5H;;;;;/q-5;5*-1;5*+2. The molecule has 0 bridgehead atoms. The van der Waals surface area contributed by atoms with E-state index in [-0.39, 0.29) is 85.3 Å². The second-order valence-electron chi connectivity index (χ2n) is 11.2. The third-order valence-electron chi connectivity index (χ3n) is 7.75. The maximum absolute atomic E-state index is 2.24. The monoisotopic (exact) mass is 922 g/mol. The van der Waals surface area contributed by atoms with Gasteiger partial charge in [0.1, 0.15) is 0 Å². The number of hydrogen-bond acceptors (Lipinski definition) is 0. The SMILES string of the molecule is [Fe+2].[Fe+2].[Fe+2].[Fe+2].[Fe+2].c1cc[c-](-c2ccc[c-]2-c2ccc[c-]2-c2ccc[c-]2-[c-]2cccc2)c1.c1cc[cH-]c1.c1cc[cH-]c1.c1cc[cH-]c1.c1cc[cH-]c1.c1cc[cH-]c1. The zero-order valence-corrected chi connectivity index (χ0v) is 35.5. The van der Waals surface area contributed by atoms with Crippen LogP contribution in [0.1, 0.15) is 0 Å². The summed E-state index contributed by atoms with van der Waals surface area (Å²) in [5.41, 5.74) is 10.4. The zero-order valence-electron chi connectivity index (χ0n) is 30.0. The molecule has 0 N–H and O–H groups in total. The van der Waals surface area contributed by atoms with E-state index < -0.39 is 0 Å². The van der Waals surface area contributed by atoms with Crippen molar-refractivity contribution in [2.75, 3.05) is 0 Å². The van der Waals surface area contributed by atoms with E-state index in [2.05, 4.69) is 103 Å². The molecule has 0 amide bonds. The third kappa shape index (κ3) is 17.6. The van der Waals surface area contributed by atoms with E-state index in [9.17, 15) is 0 Å². The van der Waals surface area contributed by atoms with Gasteiger partial charge in [0, 0.05) is 0 Å². The predicted octanol–water partition coefficient (Wildman–Crippen LogP) is 14.0. The summed E-state index contributed by atoms with van der Waals surface area (Å²) < 4.78 is 0. The van der Waals surface area contributed by atoms with Crippen molar-refractivity contribution in [2.45, 2.75) is 0 Å². The molecule has 10 aromatic rings. The Morgan fingerprint density at radius 1 is 0.273 bits per heavy atom. The average molecular weight is 922 g/mol. The second-order valence-corrected chi connectivity index (χ2v) is 11.2. The van der Waals surface area contributed by atoms with E-state index in [0.29, 0.717) is 0 Å². The van der Waals surface area contributed by atoms with Crippen LogP contribution in [0.5, 0.6) is 0 Å². The molecule has 0 aromatic heterocycles. The van der Waals surface area contributed by atoms with Crippen LogP contribution in [0, 0.1) is 0 Å². The Labute approximate surface area is 381 Å². The van der Waals surface area contributed by atoms with Gasteiger partial charge in [0.25, 0.3) is 0 Å². The van der Waals surface area contributed by atoms with Gasteiger partial charge in [-0.05, 0) is 0 Å². The van der Waals surface area contributed by atoms with Gasteiger partial charge in [-0.3, -0.25) is 28.8 Å². The van der Waals surface area contributed by atoms with Gasteiger partial charge in [-0.2, -0.15) is 126 Å². The Hall–Kier alpha value is -3.90. The van der Waals surface area contributed by atoms with E-state index in [1.54, 1.807) is 0 Å². The van der Waals surface area contributed by atoms with Crippen molar-refractivity contribution < 1.29 is 85.3 Å². The Morgan fingerprint density at radius 2 is 0.582 bits per heavy atom. The quantitative estimate of drug-likeness (QED) is 0.122. The summed E-state index contributed by atoms with van der Waals surface area (Å²) in [6, 6.07) is 86.9. The van der Waals surface area contributed by atoms with Gasteiger partial charge in [-0.15, -0.1) is 18.2 Å². The molecule has 0 saturated heterocycles. The summed E-state index contributed by atoms with van der Waals surface area (Å²) in [7, 11) is 0. The molecule has 0 radical (unpaired) electrons. The molecule has 0 unspecified atom stereocenters. The minimum absolute atomic E-state index is 0. The Kier molecular flexibility index (Phi) is 29.1. The van der Waals surface area contributed by atoms with E-state index in [1.165, 1.54) is 44.5 Å². The minimum Gasteiger partial charge on any atom is -0.326 e. The fraction of sp³-hybridized carbons (Fsp3) is 0. The zero-order chi connectivity index (χ0) is 34.3. The van der Waals surface area contributed by atoms with Crippen LogP contribution in [-0.4, -0.2) is 0 Å². The summed E-state index contributed by atoms with van der Waals surface area (Å²) in [6.07, 6.45) is 0. The maximum atomic E-state index is 2.24. The Bertz CT molecular complexity index is 1750. The smallest absolute Gasteiger partial charge is 0.326 e. The molecule has 0 spiro atoms. The summed E-state index contributed by atoms with van der Waals surface area (Å²) in [5.74, 6) is 0. The van der Waals surface area contributed by atoms with Crippen LogP contribution in [0.2, 0.25) is 0 Å². The number of rotatable bonds is 4. The second kappa shape index (κ2) is 31.3. The molecule has 0 atom stereocenters. The molecule has 0 saturated carbocycles. The van der Waals surface area contributed by atoms with Gasteiger partial charge in [0.15, 0.2) is 0 Å². The largest absolute Gasteiger partial charge is 2.00 e. The van der Waals surface area contributed by atoms with Crippen LogP contribution in [0.3, 0.4) is 0 Å². The van der Waals surface area contributed by atoms with E-state index in [1.807, 2.05) is 152 Å². The van der Waals surface area contributed by atoms with Crippen molar-refractivity contribution in [3.63, 3.8) is 0 Å². The summed E-state index contributed by atoms with van der Waals surface area (Å²) in [4.78, 5) is 0. The molecule has 5 heteroatoms. The normalized spacial score (nSPS) is 8.73. The summed E-state index contributed by atoms with van der Waals surface area (Å²) >= 11 is 0. The minimum atomic E-state index is 0. The third-order valence-corrected chi connectivity index (χ3v) is 7.75. The molecule has 0 aliphatic carbocycles. The van der Waals surface area contributed by atoms with E-state index >= 15 is 0 Å². The van der Waals surface area contributed by atoms with Crippen LogP contribution >= 0.6 is 0 Å². The molecule has 282 valence electrons. The molecule has 0 nitrogen and oxygen atoms in total. The van der Waals surface area contributed by atoms with Gasteiger partial charge < -0.3 is 11.6 Å². The molecule has 0 aliphatic heterocycles. The van der Waals surface area contributed by atoms with Gasteiger partial charge in [-0.1, -0.05) is 0 Å². The molecule has 55 heavy (non-hydrogen) atoms. The van der Waals surface area contributed by atoms with Crippen molar-refractivity contribution in [2.24, 2.45) is 0 Å². The van der Waals surface area contributed by atoms with Crippen molar-refractivity contribution >= 4 is 0 Å². The van der Waals surface area contributed by atoms with Crippen molar-refractivity contribution in [1.82, 2.24) is 0 Å². The molecule has 10 aromatic carbocycles. The summed E-state index contributed by atoms with van der Waals surface area (Å²) in [5, 5.41) is 0. The Morgan fingerprint density at radius 3 is 0.945 bits per heavy atom. The fourth-order valence-electron chi connectivity index (χ4n) is 5.41. The molecule has 0 aliphatic rings. The first kappa shape index (κ1) is 51.1. The number of hydrogen-bond donors (Lipinski definition) is 0. The summed E-state index contributed by atoms with van der Waals surface area (Å²) in [6.45, 7) is 0. The maximum Gasteiger partial charge on any atom is 2.00 e. The van der Waals surface area contributed by atoms with Crippen molar-refractivity contribution in [1.29, 1.82) is 0 Å². The van der Waals surface area contributed by atoms with Crippen molar-refractivity contribution in [3.05, 3.63) is 255 Å². The van der Waals surface area contributed by atoms with E-state index in [4.69, 9.17) is 0 Å².